The van der Waals surface area contributed by atoms with Crippen LogP contribution in [0.1, 0.15) is 64.7 Å². The van der Waals surface area contributed by atoms with Crippen LogP contribution in [-0.4, -0.2) is 17.2 Å². The number of aliphatic hydroxyl groups is 1. The van der Waals surface area contributed by atoms with Crippen molar-refractivity contribution in [2.24, 2.45) is 0 Å². The summed E-state index contributed by atoms with van der Waals surface area (Å²) in [5, 5.41) is 20.0. The number of hydrogen-bond donors (Lipinski definition) is 1. The summed E-state index contributed by atoms with van der Waals surface area (Å²) in [6.07, 6.45) is 23.1. The maximum absolute atomic E-state index is 10.2. The molecule has 1 atom stereocenters. The molecule has 0 aliphatic heterocycles. The lowest BCUT2D eigenvalue weighted by Gasteiger charge is -1.99. The second kappa shape index (κ2) is 16.8. The number of carboxylic acids is 1. The van der Waals surface area contributed by atoms with E-state index in [0.717, 1.165) is 12.8 Å². The van der Waals surface area contributed by atoms with Crippen molar-refractivity contribution in [1.82, 2.24) is 0 Å². The maximum atomic E-state index is 10.2. The first-order valence-electron chi connectivity index (χ1n) is 8.68. The molecule has 0 aromatic rings. The van der Waals surface area contributed by atoms with Gasteiger partial charge in [0.15, 0.2) is 0 Å². The summed E-state index contributed by atoms with van der Waals surface area (Å²) in [6.45, 7) is 2.21. The lowest BCUT2D eigenvalue weighted by molar-refractivity contribution is -0.305. The second-order valence-electron chi connectivity index (χ2n) is 5.55. The number of carbonyl (C=O) groups excluding carboxylic acids is 1. The molecule has 0 heterocycles. The van der Waals surface area contributed by atoms with Gasteiger partial charge >= 0.3 is 0 Å². The third-order valence-corrected chi connectivity index (χ3v) is 3.29. The third-order valence-electron chi connectivity index (χ3n) is 3.29. The number of unbranched alkanes of at least 4 members (excludes halogenated alkanes) is 4. The van der Waals surface area contributed by atoms with Gasteiger partial charge in [0.25, 0.3) is 0 Å². The van der Waals surface area contributed by atoms with Crippen LogP contribution < -0.4 is 5.11 Å². The van der Waals surface area contributed by atoms with Gasteiger partial charge in [-0.2, -0.15) is 0 Å². The number of aliphatic hydroxyl groups excluding tert-OH is 1. The summed E-state index contributed by atoms with van der Waals surface area (Å²) in [5.74, 6) is -1.01. The van der Waals surface area contributed by atoms with Gasteiger partial charge in [0, 0.05) is 5.97 Å². The van der Waals surface area contributed by atoms with Crippen molar-refractivity contribution in [2.75, 3.05) is 0 Å². The largest absolute Gasteiger partial charge is 0.550 e. The Labute approximate surface area is 141 Å². The molecule has 1 N–H and O–H groups in total. The Balaban J connectivity index is 3.62. The van der Waals surface area contributed by atoms with Crippen molar-refractivity contribution in [2.45, 2.75) is 70.8 Å². The van der Waals surface area contributed by atoms with Gasteiger partial charge in [-0.1, -0.05) is 68.4 Å². The second-order valence-corrected chi connectivity index (χ2v) is 5.55. The Hall–Kier alpha value is -1.61. The molecule has 0 fully saturated rings. The molecule has 3 heteroatoms. The molecule has 0 saturated heterocycles. The molecule has 0 amide bonds. The van der Waals surface area contributed by atoms with Crippen LogP contribution in [0.3, 0.4) is 0 Å². The van der Waals surface area contributed by atoms with Crippen molar-refractivity contribution >= 4 is 5.97 Å². The Morgan fingerprint density at radius 1 is 1.00 bits per heavy atom. The minimum Gasteiger partial charge on any atom is -0.550 e. The summed E-state index contributed by atoms with van der Waals surface area (Å²) in [5.41, 5.74) is 0. The number of allylic oxidation sites excluding steroid dienone is 6. The van der Waals surface area contributed by atoms with Crippen LogP contribution in [-0.2, 0) is 4.79 Å². The average molecular weight is 319 g/mol. The van der Waals surface area contributed by atoms with Crippen LogP contribution >= 0.6 is 0 Å². The average Bonchev–Trinajstić information content (AvgIpc) is 2.52. The SMILES string of the molecule is CCCCC/C=C\C/C=C\CC(O)/C=C/C=C\CCCC(=O)[O-]. The zero-order valence-corrected chi connectivity index (χ0v) is 14.3. The topological polar surface area (TPSA) is 60.4 Å². The molecule has 23 heavy (non-hydrogen) atoms. The van der Waals surface area contributed by atoms with E-state index in [1.165, 1.54) is 19.3 Å². The van der Waals surface area contributed by atoms with Gasteiger partial charge in [-0.15, -0.1) is 0 Å². The Kier molecular flexibility index (Phi) is 15.6. The van der Waals surface area contributed by atoms with Gasteiger partial charge in [0.1, 0.15) is 0 Å². The fraction of sp³-hybridized carbons (Fsp3) is 0.550. The van der Waals surface area contributed by atoms with Gasteiger partial charge in [0.05, 0.1) is 6.10 Å². The van der Waals surface area contributed by atoms with E-state index in [-0.39, 0.29) is 6.42 Å². The molecule has 0 aromatic heterocycles. The van der Waals surface area contributed by atoms with Gasteiger partial charge < -0.3 is 15.0 Å². The summed E-state index contributed by atoms with van der Waals surface area (Å²) in [4.78, 5) is 10.2. The molecule has 0 aromatic carbocycles. The van der Waals surface area contributed by atoms with Gasteiger partial charge in [-0.3, -0.25) is 0 Å². The van der Waals surface area contributed by atoms with Crippen molar-refractivity contribution in [1.29, 1.82) is 0 Å². The molecule has 0 rings (SSSR count). The van der Waals surface area contributed by atoms with E-state index in [4.69, 9.17) is 0 Å². The van der Waals surface area contributed by atoms with Gasteiger partial charge in [0.2, 0.25) is 0 Å². The molecular weight excluding hydrogens is 288 g/mol. The minimum atomic E-state index is -1.01. The highest BCUT2D eigenvalue weighted by molar-refractivity contribution is 5.64. The van der Waals surface area contributed by atoms with Crippen LogP contribution in [0.4, 0.5) is 0 Å². The number of carbonyl (C=O) groups is 1. The highest BCUT2D eigenvalue weighted by Crippen LogP contribution is 2.02. The fourth-order valence-corrected chi connectivity index (χ4v) is 1.95. The Bertz CT molecular complexity index is 392. The van der Waals surface area contributed by atoms with Crippen LogP contribution in [0.15, 0.2) is 48.6 Å². The monoisotopic (exact) mass is 319 g/mol. The number of aliphatic carboxylic acids is 1. The smallest absolute Gasteiger partial charge is 0.0758 e. The van der Waals surface area contributed by atoms with E-state index >= 15 is 0 Å². The number of rotatable bonds is 14. The first-order valence-corrected chi connectivity index (χ1v) is 8.68. The molecule has 130 valence electrons. The first kappa shape index (κ1) is 21.4. The highest BCUT2D eigenvalue weighted by Gasteiger charge is 1.92. The lowest BCUT2D eigenvalue weighted by Crippen LogP contribution is -2.21. The normalized spacial score (nSPS) is 13.8. The predicted octanol–water partition coefficient (Wildman–Crippen LogP) is 3.85. The molecule has 0 saturated carbocycles. The minimum absolute atomic E-state index is 0.0918. The lowest BCUT2D eigenvalue weighted by atomic mass is 10.2. The zero-order valence-electron chi connectivity index (χ0n) is 14.3. The van der Waals surface area contributed by atoms with Crippen molar-refractivity contribution in [3.63, 3.8) is 0 Å². The fourth-order valence-electron chi connectivity index (χ4n) is 1.95. The van der Waals surface area contributed by atoms with Crippen molar-refractivity contribution in [3.8, 4) is 0 Å². The van der Waals surface area contributed by atoms with Crippen LogP contribution in [0.25, 0.3) is 0 Å². The quantitative estimate of drug-likeness (QED) is 0.300. The summed E-state index contributed by atoms with van der Waals surface area (Å²) < 4.78 is 0. The number of carboxylic acid groups (broad SMARTS) is 1. The van der Waals surface area contributed by atoms with Crippen LogP contribution in [0, 0.1) is 0 Å². The van der Waals surface area contributed by atoms with E-state index in [1.54, 1.807) is 12.2 Å². The Morgan fingerprint density at radius 3 is 2.48 bits per heavy atom. The van der Waals surface area contributed by atoms with Crippen LogP contribution in [0.5, 0.6) is 0 Å². The van der Waals surface area contributed by atoms with E-state index in [1.807, 2.05) is 18.2 Å². The number of hydrogen-bond acceptors (Lipinski definition) is 3. The van der Waals surface area contributed by atoms with E-state index in [0.29, 0.717) is 19.3 Å². The van der Waals surface area contributed by atoms with Gasteiger partial charge in [-0.25, -0.2) is 0 Å². The molecule has 1 unspecified atom stereocenters. The summed E-state index contributed by atoms with van der Waals surface area (Å²) in [6, 6.07) is 0. The van der Waals surface area contributed by atoms with Crippen LogP contribution in [0.2, 0.25) is 0 Å². The predicted molar refractivity (Wildman–Crippen MR) is 94.8 cm³/mol. The summed E-state index contributed by atoms with van der Waals surface area (Å²) >= 11 is 0. The molecule has 3 nitrogen and oxygen atoms in total. The molecule has 0 aliphatic rings. The van der Waals surface area contributed by atoms with Gasteiger partial charge in [-0.05, 0) is 44.9 Å². The molecule has 0 spiro atoms. The van der Waals surface area contributed by atoms with E-state index < -0.39 is 12.1 Å². The Morgan fingerprint density at radius 2 is 1.74 bits per heavy atom. The van der Waals surface area contributed by atoms with Crippen molar-refractivity contribution < 1.29 is 15.0 Å². The maximum Gasteiger partial charge on any atom is 0.0758 e. The molecule has 0 radical (unpaired) electrons. The van der Waals surface area contributed by atoms with E-state index in [2.05, 4.69) is 25.2 Å². The zero-order chi connectivity index (χ0) is 17.2. The standard InChI is InChI=1S/C20H32O3/c1-2-3-4-5-6-7-8-10-13-16-19(21)17-14-11-9-12-15-18-20(22)23/h6-7,9-11,13-14,17,19,21H,2-5,8,12,15-16,18H2,1H3,(H,22,23)/p-1/b7-6-,11-9-,13-10-,17-14+. The summed E-state index contributed by atoms with van der Waals surface area (Å²) in [7, 11) is 0. The molecule has 0 bridgehead atoms. The molecule has 0 aliphatic carbocycles. The third kappa shape index (κ3) is 18.3. The molecular formula is C20H31O3-. The first-order chi connectivity index (χ1) is 11.2. The highest BCUT2D eigenvalue weighted by atomic mass is 16.4. The van der Waals surface area contributed by atoms with E-state index in [9.17, 15) is 15.0 Å². The van der Waals surface area contributed by atoms with Crippen molar-refractivity contribution in [3.05, 3.63) is 48.6 Å².